The number of benzene rings is 2. The highest BCUT2D eigenvalue weighted by molar-refractivity contribution is 7.16. The number of carbonyl (C=O) groups is 1. The van der Waals surface area contributed by atoms with Crippen LogP contribution in [-0.4, -0.2) is 31.8 Å². The molecule has 0 saturated heterocycles. The summed E-state index contributed by atoms with van der Waals surface area (Å²) >= 11 is 1.42. The quantitative estimate of drug-likeness (QED) is 0.620. The first-order valence-electron chi connectivity index (χ1n) is 8.45. The molecule has 6 nitrogen and oxygen atoms in total. The molecule has 1 amide bonds. The average Bonchev–Trinajstić information content (AvgIpc) is 3.05. The Morgan fingerprint density at radius 3 is 2.43 bits per heavy atom. The minimum Gasteiger partial charge on any atom is -0.493 e. The SMILES string of the molecule is C#CCn1c(=NC(=O)c2cc(OC)c(OC)c(OC)c2)sc2cccc(C)c21. The first-order chi connectivity index (χ1) is 13.5. The summed E-state index contributed by atoms with van der Waals surface area (Å²) < 4.78 is 18.8. The molecule has 0 aliphatic rings. The molecule has 0 saturated carbocycles. The summed E-state index contributed by atoms with van der Waals surface area (Å²) in [5, 5.41) is 0. The van der Waals surface area contributed by atoms with Crippen LogP contribution in [0, 0.1) is 19.3 Å². The van der Waals surface area contributed by atoms with E-state index in [9.17, 15) is 4.79 Å². The topological polar surface area (TPSA) is 62.1 Å². The second kappa shape index (κ2) is 8.19. The number of hydrogen-bond acceptors (Lipinski definition) is 5. The zero-order valence-electron chi connectivity index (χ0n) is 16.1. The Morgan fingerprint density at radius 2 is 1.86 bits per heavy atom. The predicted molar refractivity (Wildman–Crippen MR) is 109 cm³/mol. The van der Waals surface area contributed by atoms with Crippen molar-refractivity contribution in [2.45, 2.75) is 13.5 Å². The summed E-state index contributed by atoms with van der Waals surface area (Å²) in [6, 6.07) is 9.13. The van der Waals surface area contributed by atoms with E-state index in [4.69, 9.17) is 20.6 Å². The molecule has 0 atom stereocenters. The number of ether oxygens (including phenoxy) is 3. The van der Waals surface area contributed by atoms with Crippen molar-refractivity contribution in [2.24, 2.45) is 4.99 Å². The van der Waals surface area contributed by atoms with E-state index in [-0.39, 0.29) is 0 Å². The summed E-state index contributed by atoms with van der Waals surface area (Å²) in [5.41, 5.74) is 2.39. The Balaban J connectivity index is 2.17. The second-order valence-electron chi connectivity index (χ2n) is 5.93. The lowest BCUT2D eigenvalue weighted by Gasteiger charge is -2.12. The zero-order valence-corrected chi connectivity index (χ0v) is 16.9. The molecule has 7 heteroatoms. The fourth-order valence-corrected chi connectivity index (χ4v) is 4.09. The highest BCUT2D eigenvalue weighted by Crippen LogP contribution is 2.38. The van der Waals surface area contributed by atoms with Gasteiger partial charge in [-0.2, -0.15) is 4.99 Å². The minimum atomic E-state index is -0.422. The van der Waals surface area contributed by atoms with E-state index in [1.165, 1.54) is 32.7 Å². The molecular weight excluding hydrogens is 376 g/mol. The van der Waals surface area contributed by atoms with E-state index in [1.54, 1.807) is 12.1 Å². The van der Waals surface area contributed by atoms with Crippen LogP contribution in [0.1, 0.15) is 15.9 Å². The van der Waals surface area contributed by atoms with E-state index < -0.39 is 5.91 Å². The molecule has 1 aromatic heterocycles. The molecule has 0 aliphatic carbocycles. The van der Waals surface area contributed by atoms with Gasteiger partial charge in [-0.05, 0) is 30.7 Å². The van der Waals surface area contributed by atoms with Crippen LogP contribution < -0.4 is 19.0 Å². The Labute approximate surface area is 167 Å². The molecular formula is C21H20N2O4S. The number of aromatic nitrogens is 1. The van der Waals surface area contributed by atoms with Gasteiger partial charge in [0.2, 0.25) is 5.75 Å². The number of para-hydroxylation sites is 1. The van der Waals surface area contributed by atoms with Gasteiger partial charge in [-0.25, -0.2) is 0 Å². The number of amides is 1. The number of hydrogen-bond donors (Lipinski definition) is 0. The number of nitrogens with zero attached hydrogens (tertiary/aromatic N) is 2. The van der Waals surface area contributed by atoms with Gasteiger partial charge >= 0.3 is 0 Å². The van der Waals surface area contributed by atoms with Gasteiger partial charge in [0.05, 0.1) is 38.1 Å². The minimum absolute atomic E-state index is 0.326. The van der Waals surface area contributed by atoms with Gasteiger partial charge in [0.1, 0.15) is 0 Å². The Hall–Kier alpha value is -3.24. The third kappa shape index (κ3) is 3.47. The molecule has 0 bridgehead atoms. The van der Waals surface area contributed by atoms with Crippen LogP contribution in [0.5, 0.6) is 17.2 Å². The van der Waals surface area contributed by atoms with E-state index in [1.807, 2.05) is 29.7 Å². The summed E-state index contributed by atoms with van der Waals surface area (Å²) in [5.74, 6) is 3.42. The molecule has 3 rings (SSSR count). The highest BCUT2D eigenvalue weighted by atomic mass is 32.1. The monoisotopic (exact) mass is 396 g/mol. The van der Waals surface area contributed by atoms with Gasteiger partial charge in [0, 0.05) is 5.56 Å². The van der Waals surface area contributed by atoms with Crippen molar-refractivity contribution >= 4 is 27.5 Å². The molecule has 0 unspecified atom stereocenters. The number of fused-ring (bicyclic) bond motifs is 1. The van der Waals surface area contributed by atoms with Crippen molar-refractivity contribution in [3.63, 3.8) is 0 Å². The molecule has 28 heavy (non-hydrogen) atoms. The summed E-state index contributed by atoms with van der Waals surface area (Å²) in [4.78, 5) is 17.8. The first-order valence-corrected chi connectivity index (χ1v) is 9.27. The fraction of sp³-hybridized carbons (Fsp3) is 0.238. The van der Waals surface area contributed by atoms with E-state index in [2.05, 4.69) is 10.9 Å². The summed E-state index contributed by atoms with van der Waals surface area (Å²) in [6.45, 7) is 2.33. The molecule has 2 aromatic carbocycles. The van der Waals surface area contributed by atoms with Crippen LogP contribution in [0.4, 0.5) is 0 Å². The van der Waals surface area contributed by atoms with Crippen molar-refractivity contribution in [2.75, 3.05) is 21.3 Å². The van der Waals surface area contributed by atoms with Crippen molar-refractivity contribution in [1.29, 1.82) is 0 Å². The molecule has 0 spiro atoms. The lowest BCUT2D eigenvalue weighted by Crippen LogP contribution is -2.17. The largest absolute Gasteiger partial charge is 0.493 e. The molecule has 144 valence electrons. The second-order valence-corrected chi connectivity index (χ2v) is 6.94. The normalized spacial score (nSPS) is 11.3. The summed E-state index contributed by atoms with van der Waals surface area (Å²) in [6.07, 6.45) is 5.54. The maximum atomic E-state index is 12.9. The van der Waals surface area contributed by atoms with Gasteiger partial charge in [0.25, 0.3) is 5.91 Å². The predicted octanol–water partition coefficient (Wildman–Crippen LogP) is 3.41. The third-order valence-corrected chi connectivity index (χ3v) is 5.30. The van der Waals surface area contributed by atoms with Crippen LogP contribution >= 0.6 is 11.3 Å². The van der Waals surface area contributed by atoms with Crippen LogP contribution in [0.2, 0.25) is 0 Å². The third-order valence-electron chi connectivity index (χ3n) is 4.26. The van der Waals surface area contributed by atoms with Gasteiger partial charge in [-0.15, -0.1) is 6.42 Å². The van der Waals surface area contributed by atoms with Crippen LogP contribution in [-0.2, 0) is 6.54 Å². The number of thiazole rings is 1. The van der Waals surface area contributed by atoms with Crippen LogP contribution in [0.3, 0.4) is 0 Å². The Morgan fingerprint density at radius 1 is 1.18 bits per heavy atom. The number of rotatable bonds is 5. The number of methoxy groups -OCH3 is 3. The molecule has 0 N–H and O–H groups in total. The van der Waals surface area contributed by atoms with E-state index in [0.29, 0.717) is 34.2 Å². The van der Waals surface area contributed by atoms with Gasteiger partial charge in [-0.3, -0.25) is 4.79 Å². The Bertz CT molecular complexity index is 1130. The first kappa shape index (κ1) is 19.5. The van der Waals surface area contributed by atoms with Crippen LogP contribution in [0.25, 0.3) is 10.2 Å². The molecule has 0 aliphatic heterocycles. The van der Waals surface area contributed by atoms with Crippen molar-refractivity contribution in [3.8, 4) is 29.6 Å². The highest BCUT2D eigenvalue weighted by Gasteiger charge is 2.17. The molecule has 3 aromatic rings. The fourth-order valence-electron chi connectivity index (χ4n) is 2.99. The van der Waals surface area contributed by atoms with Gasteiger partial charge in [-0.1, -0.05) is 29.4 Å². The zero-order chi connectivity index (χ0) is 20.3. The van der Waals surface area contributed by atoms with Crippen molar-refractivity contribution < 1.29 is 19.0 Å². The number of carbonyl (C=O) groups excluding carboxylic acids is 1. The van der Waals surface area contributed by atoms with Gasteiger partial charge < -0.3 is 18.8 Å². The van der Waals surface area contributed by atoms with Crippen LogP contribution in [0.15, 0.2) is 35.3 Å². The maximum Gasteiger partial charge on any atom is 0.279 e. The number of aryl methyl sites for hydroxylation is 1. The molecule has 1 heterocycles. The molecule has 0 radical (unpaired) electrons. The summed E-state index contributed by atoms with van der Waals surface area (Å²) in [7, 11) is 4.51. The number of terminal acetylenes is 1. The smallest absolute Gasteiger partial charge is 0.279 e. The van der Waals surface area contributed by atoms with Gasteiger partial charge in [0.15, 0.2) is 16.3 Å². The van der Waals surface area contributed by atoms with E-state index >= 15 is 0 Å². The lowest BCUT2D eigenvalue weighted by atomic mass is 10.1. The van der Waals surface area contributed by atoms with Crippen molar-refractivity contribution in [3.05, 3.63) is 46.3 Å². The standard InChI is InChI=1S/C21H20N2O4S/c1-6-10-23-18-13(2)8-7-9-17(18)28-21(23)22-20(24)14-11-15(25-3)19(27-5)16(12-14)26-4/h1,7-9,11-12H,10H2,2-5H3. The van der Waals surface area contributed by atoms with E-state index in [0.717, 1.165) is 15.8 Å². The Kier molecular flexibility index (Phi) is 5.71. The lowest BCUT2D eigenvalue weighted by molar-refractivity contribution is 0.0997. The molecule has 0 fully saturated rings. The maximum absolute atomic E-state index is 12.9. The average molecular weight is 396 g/mol. The van der Waals surface area contributed by atoms with Crippen molar-refractivity contribution in [1.82, 2.24) is 4.57 Å².